The van der Waals surface area contributed by atoms with E-state index in [1.54, 1.807) is 31.2 Å². The second-order valence-electron chi connectivity index (χ2n) is 4.29. The zero-order chi connectivity index (χ0) is 15.7. The minimum Gasteiger partial charge on any atom is -0.466 e. The maximum atomic E-state index is 11.6. The van der Waals surface area contributed by atoms with Crippen LogP contribution in [0.4, 0.5) is 5.69 Å². The molecule has 6 nitrogen and oxygen atoms in total. The van der Waals surface area contributed by atoms with Crippen LogP contribution >= 0.6 is 0 Å². The highest BCUT2D eigenvalue weighted by Crippen LogP contribution is 2.10. The van der Waals surface area contributed by atoms with E-state index in [1.165, 1.54) is 0 Å². The van der Waals surface area contributed by atoms with Crippen molar-refractivity contribution < 1.29 is 19.1 Å². The van der Waals surface area contributed by atoms with Crippen LogP contribution in [0.5, 0.6) is 0 Å². The van der Waals surface area contributed by atoms with Crippen molar-refractivity contribution in [1.29, 1.82) is 0 Å². The molecule has 0 aliphatic heterocycles. The number of hydrogen-bond donors (Lipinski definition) is 2. The molecule has 2 N–H and O–H groups in total. The van der Waals surface area contributed by atoms with Gasteiger partial charge in [-0.15, -0.1) is 0 Å². The van der Waals surface area contributed by atoms with Crippen molar-refractivity contribution in [3.63, 3.8) is 0 Å². The van der Waals surface area contributed by atoms with Gasteiger partial charge in [0.25, 0.3) is 5.91 Å². The second-order valence-corrected chi connectivity index (χ2v) is 4.29. The van der Waals surface area contributed by atoms with Gasteiger partial charge in [-0.25, -0.2) is 0 Å². The molecule has 0 unspecified atom stereocenters. The summed E-state index contributed by atoms with van der Waals surface area (Å²) in [6, 6.07) is 6.55. The minimum atomic E-state index is -0.390. The van der Waals surface area contributed by atoms with E-state index in [0.29, 0.717) is 24.4 Å². The number of nitrogens with one attached hydrogen (secondary N) is 2. The molecule has 0 spiro atoms. The van der Waals surface area contributed by atoms with Crippen molar-refractivity contribution in [2.45, 2.75) is 26.7 Å². The van der Waals surface area contributed by atoms with Gasteiger partial charge in [-0.3, -0.25) is 14.4 Å². The zero-order valence-corrected chi connectivity index (χ0v) is 12.3. The first-order chi connectivity index (χ1) is 10.1. The Morgan fingerprint density at radius 3 is 2.29 bits per heavy atom. The number of carbonyl (C=O) groups excluding carboxylic acids is 3. The van der Waals surface area contributed by atoms with Crippen LogP contribution < -0.4 is 10.6 Å². The van der Waals surface area contributed by atoms with Gasteiger partial charge in [0.05, 0.1) is 13.0 Å². The van der Waals surface area contributed by atoms with E-state index in [9.17, 15) is 14.4 Å². The lowest BCUT2D eigenvalue weighted by Crippen LogP contribution is -2.22. The van der Waals surface area contributed by atoms with E-state index in [1.807, 2.05) is 6.92 Å². The summed E-state index contributed by atoms with van der Waals surface area (Å²) in [4.78, 5) is 34.3. The van der Waals surface area contributed by atoms with Gasteiger partial charge in [-0.2, -0.15) is 0 Å². The number of carbonyl (C=O) groups is 3. The van der Waals surface area contributed by atoms with Gasteiger partial charge in [-0.1, -0.05) is 0 Å². The highest BCUT2D eigenvalue weighted by Gasteiger charge is 2.08. The molecule has 0 aromatic heterocycles. The average Bonchev–Trinajstić information content (AvgIpc) is 2.46. The van der Waals surface area contributed by atoms with Gasteiger partial charge in [-0.05, 0) is 38.1 Å². The number of hydrogen-bond acceptors (Lipinski definition) is 4. The van der Waals surface area contributed by atoms with Gasteiger partial charge < -0.3 is 15.4 Å². The summed E-state index contributed by atoms with van der Waals surface area (Å²) < 4.78 is 4.74. The molecule has 0 bridgehead atoms. The molecule has 1 aromatic carbocycles. The van der Waals surface area contributed by atoms with E-state index in [-0.39, 0.29) is 30.6 Å². The molecule has 0 saturated heterocycles. The number of benzene rings is 1. The van der Waals surface area contributed by atoms with Crippen molar-refractivity contribution in [2.75, 3.05) is 18.5 Å². The van der Waals surface area contributed by atoms with Gasteiger partial charge in [0.2, 0.25) is 5.91 Å². The molecule has 0 atom stereocenters. The first kappa shape index (κ1) is 16.7. The molecule has 0 radical (unpaired) electrons. The Bertz CT molecular complexity index is 497. The van der Waals surface area contributed by atoms with Crippen LogP contribution in [0.3, 0.4) is 0 Å². The summed E-state index contributed by atoms with van der Waals surface area (Å²) in [5, 5.41) is 5.35. The number of amides is 2. The molecule has 21 heavy (non-hydrogen) atoms. The molecule has 0 aliphatic carbocycles. The smallest absolute Gasteiger partial charge is 0.306 e. The molecular formula is C15H20N2O4. The number of rotatable bonds is 7. The maximum absolute atomic E-state index is 11.6. The molecule has 0 fully saturated rings. The molecule has 0 heterocycles. The third-order valence-corrected chi connectivity index (χ3v) is 2.63. The Kier molecular flexibility index (Phi) is 6.94. The minimum absolute atomic E-state index is 0.0522. The summed E-state index contributed by atoms with van der Waals surface area (Å²) >= 11 is 0. The van der Waals surface area contributed by atoms with Crippen LogP contribution in [0.1, 0.15) is 37.0 Å². The van der Waals surface area contributed by atoms with Crippen molar-refractivity contribution in [3.05, 3.63) is 29.8 Å². The van der Waals surface area contributed by atoms with Crippen molar-refractivity contribution in [2.24, 2.45) is 0 Å². The third-order valence-electron chi connectivity index (χ3n) is 2.63. The Hall–Kier alpha value is -2.37. The third kappa shape index (κ3) is 6.07. The lowest BCUT2D eigenvalue weighted by Gasteiger charge is -2.06. The first-order valence-corrected chi connectivity index (χ1v) is 6.90. The monoisotopic (exact) mass is 292 g/mol. The lowest BCUT2D eigenvalue weighted by atomic mass is 10.2. The quantitative estimate of drug-likeness (QED) is 0.749. The molecule has 6 heteroatoms. The van der Waals surface area contributed by atoms with Gasteiger partial charge >= 0.3 is 5.97 Å². The summed E-state index contributed by atoms with van der Waals surface area (Å²) in [7, 11) is 0. The van der Waals surface area contributed by atoms with Crippen LogP contribution in [-0.2, 0) is 14.3 Å². The van der Waals surface area contributed by atoms with Gasteiger partial charge in [0.1, 0.15) is 0 Å². The molecule has 1 rings (SSSR count). The van der Waals surface area contributed by atoms with E-state index in [0.717, 1.165) is 0 Å². The van der Waals surface area contributed by atoms with Crippen LogP contribution in [0.25, 0.3) is 0 Å². The fraction of sp³-hybridized carbons (Fsp3) is 0.400. The summed E-state index contributed by atoms with van der Waals surface area (Å²) in [6.07, 6.45) is 0.119. The standard InChI is InChI=1S/C15H20N2O4/c1-3-16-15(20)11-5-7-12(8-6-11)17-13(18)9-10-14(19)21-4-2/h5-8H,3-4,9-10H2,1-2H3,(H,16,20)(H,17,18). The van der Waals surface area contributed by atoms with Crippen LogP contribution in [-0.4, -0.2) is 30.9 Å². The zero-order valence-electron chi connectivity index (χ0n) is 12.3. The molecular weight excluding hydrogens is 272 g/mol. The van der Waals surface area contributed by atoms with Crippen LogP contribution in [0.2, 0.25) is 0 Å². The normalized spacial score (nSPS) is 9.81. The van der Waals surface area contributed by atoms with Crippen LogP contribution in [0.15, 0.2) is 24.3 Å². The fourth-order valence-corrected chi connectivity index (χ4v) is 1.64. The largest absolute Gasteiger partial charge is 0.466 e. The summed E-state index contributed by atoms with van der Waals surface area (Å²) in [5.74, 6) is -0.814. The Morgan fingerprint density at radius 1 is 1.05 bits per heavy atom. The van der Waals surface area contributed by atoms with E-state index in [2.05, 4.69) is 10.6 Å². The molecule has 0 aliphatic rings. The molecule has 1 aromatic rings. The summed E-state index contributed by atoms with van der Waals surface area (Å²) in [6.45, 7) is 4.43. The van der Waals surface area contributed by atoms with Gasteiger partial charge in [0.15, 0.2) is 0 Å². The Balaban J connectivity index is 2.46. The highest BCUT2D eigenvalue weighted by atomic mass is 16.5. The highest BCUT2D eigenvalue weighted by molar-refractivity contribution is 5.96. The van der Waals surface area contributed by atoms with Crippen molar-refractivity contribution in [1.82, 2.24) is 5.32 Å². The van der Waals surface area contributed by atoms with E-state index in [4.69, 9.17) is 4.74 Å². The maximum Gasteiger partial charge on any atom is 0.306 e. The number of anilines is 1. The van der Waals surface area contributed by atoms with E-state index < -0.39 is 0 Å². The predicted octanol–water partition coefficient (Wildman–Crippen LogP) is 1.72. The topological polar surface area (TPSA) is 84.5 Å². The summed E-state index contributed by atoms with van der Waals surface area (Å²) in [5.41, 5.74) is 1.11. The molecule has 0 saturated carbocycles. The first-order valence-electron chi connectivity index (χ1n) is 6.90. The average molecular weight is 292 g/mol. The Morgan fingerprint density at radius 2 is 1.71 bits per heavy atom. The number of esters is 1. The second kappa shape index (κ2) is 8.73. The van der Waals surface area contributed by atoms with Crippen molar-refractivity contribution in [3.8, 4) is 0 Å². The van der Waals surface area contributed by atoms with E-state index >= 15 is 0 Å². The molecule has 2 amide bonds. The number of ether oxygens (including phenoxy) is 1. The predicted molar refractivity (Wildman–Crippen MR) is 78.9 cm³/mol. The van der Waals surface area contributed by atoms with Crippen LogP contribution in [0, 0.1) is 0 Å². The molecule has 114 valence electrons. The Labute approximate surface area is 123 Å². The fourth-order valence-electron chi connectivity index (χ4n) is 1.64. The SMILES string of the molecule is CCNC(=O)c1ccc(NC(=O)CCC(=O)OCC)cc1. The lowest BCUT2D eigenvalue weighted by molar-refractivity contribution is -0.144. The van der Waals surface area contributed by atoms with Gasteiger partial charge in [0, 0.05) is 24.2 Å². The van der Waals surface area contributed by atoms with Crippen molar-refractivity contribution >= 4 is 23.5 Å².